The van der Waals surface area contributed by atoms with E-state index in [-0.39, 0.29) is 6.04 Å². The normalized spacial score (nSPS) is 14.5. The lowest BCUT2D eigenvalue weighted by atomic mass is 9.92. The summed E-state index contributed by atoms with van der Waals surface area (Å²) in [6, 6.07) is 3.43. The maximum absolute atomic E-state index is 6.20. The van der Waals surface area contributed by atoms with E-state index in [9.17, 15) is 0 Å². The molecule has 0 heterocycles. The molecule has 2 unspecified atom stereocenters. The number of nitrogens with two attached hydrogens (primary N) is 1. The first kappa shape index (κ1) is 14.6. The van der Waals surface area contributed by atoms with E-state index in [2.05, 4.69) is 13.8 Å². The summed E-state index contributed by atoms with van der Waals surface area (Å²) in [7, 11) is 1.57. The second-order valence-corrected chi connectivity index (χ2v) is 5.11. The molecule has 2 nitrogen and oxygen atoms in total. The van der Waals surface area contributed by atoms with Crippen molar-refractivity contribution in [3.63, 3.8) is 0 Å². The Morgan fingerprint density at radius 3 is 2.47 bits per heavy atom. The van der Waals surface area contributed by atoms with Crippen molar-refractivity contribution in [2.24, 2.45) is 11.7 Å². The van der Waals surface area contributed by atoms with E-state index in [1.54, 1.807) is 19.2 Å². The summed E-state index contributed by atoms with van der Waals surface area (Å²) in [5.74, 6) is 0.956. The van der Waals surface area contributed by atoms with Crippen molar-refractivity contribution in [2.75, 3.05) is 7.11 Å². The van der Waals surface area contributed by atoms with Crippen molar-refractivity contribution in [1.82, 2.24) is 0 Å². The van der Waals surface area contributed by atoms with Crippen molar-refractivity contribution in [3.05, 3.63) is 27.7 Å². The lowest BCUT2D eigenvalue weighted by Gasteiger charge is -2.21. The predicted octanol–water partition coefficient (Wildman–Crippen LogP) is 4.44. The minimum Gasteiger partial charge on any atom is -0.495 e. The maximum Gasteiger partial charge on any atom is 0.138 e. The quantitative estimate of drug-likeness (QED) is 0.863. The molecule has 2 atom stereocenters. The molecule has 1 rings (SSSR count). The van der Waals surface area contributed by atoms with Crippen LogP contribution in [0, 0.1) is 5.92 Å². The molecule has 4 heteroatoms. The van der Waals surface area contributed by atoms with Gasteiger partial charge in [-0.25, -0.2) is 0 Å². The SMILES string of the molecule is CCCC(C)C(N)c1cc(Cl)c(OC)cc1Cl. The molecule has 0 radical (unpaired) electrons. The second-order valence-electron chi connectivity index (χ2n) is 4.30. The third-order valence-electron chi connectivity index (χ3n) is 2.99. The molecule has 0 amide bonds. The van der Waals surface area contributed by atoms with Gasteiger partial charge in [-0.1, -0.05) is 43.5 Å². The van der Waals surface area contributed by atoms with Crippen LogP contribution in [0.1, 0.15) is 38.3 Å². The molecule has 0 saturated carbocycles. The Labute approximate surface area is 113 Å². The number of methoxy groups -OCH3 is 1. The Balaban J connectivity index is 3.01. The Kier molecular flexibility index (Phi) is 5.57. The topological polar surface area (TPSA) is 35.2 Å². The van der Waals surface area contributed by atoms with Gasteiger partial charge < -0.3 is 10.5 Å². The van der Waals surface area contributed by atoms with Crippen LogP contribution in [0.3, 0.4) is 0 Å². The summed E-state index contributed by atoms with van der Waals surface area (Å²) < 4.78 is 5.11. The molecule has 0 aliphatic heterocycles. The van der Waals surface area contributed by atoms with Crippen LogP contribution in [0.25, 0.3) is 0 Å². The van der Waals surface area contributed by atoms with Gasteiger partial charge in [-0.15, -0.1) is 0 Å². The monoisotopic (exact) mass is 275 g/mol. The van der Waals surface area contributed by atoms with E-state index < -0.39 is 0 Å². The highest BCUT2D eigenvalue weighted by Gasteiger charge is 2.18. The van der Waals surface area contributed by atoms with Gasteiger partial charge in [0.05, 0.1) is 12.1 Å². The molecule has 1 aromatic rings. The minimum atomic E-state index is -0.0918. The van der Waals surface area contributed by atoms with E-state index in [4.69, 9.17) is 33.7 Å². The van der Waals surface area contributed by atoms with Crippen LogP contribution in [0.4, 0.5) is 0 Å². The molecule has 2 N–H and O–H groups in total. The highest BCUT2D eigenvalue weighted by Crippen LogP contribution is 2.36. The van der Waals surface area contributed by atoms with Crippen molar-refractivity contribution >= 4 is 23.2 Å². The van der Waals surface area contributed by atoms with Crippen LogP contribution in [-0.4, -0.2) is 7.11 Å². The van der Waals surface area contributed by atoms with Crippen LogP contribution in [0.15, 0.2) is 12.1 Å². The van der Waals surface area contributed by atoms with Gasteiger partial charge >= 0.3 is 0 Å². The molecule has 0 aliphatic carbocycles. The maximum atomic E-state index is 6.20. The molecule has 96 valence electrons. The lowest BCUT2D eigenvalue weighted by Crippen LogP contribution is -2.19. The third kappa shape index (κ3) is 3.51. The zero-order chi connectivity index (χ0) is 13.0. The van der Waals surface area contributed by atoms with Gasteiger partial charge in [-0.3, -0.25) is 0 Å². The Morgan fingerprint density at radius 2 is 1.94 bits per heavy atom. The van der Waals surface area contributed by atoms with Crippen LogP contribution >= 0.6 is 23.2 Å². The average molecular weight is 276 g/mol. The van der Waals surface area contributed by atoms with Crippen LogP contribution < -0.4 is 10.5 Å². The molecule has 0 fully saturated rings. The van der Waals surface area contributed by atoms with Crippen LogP contribution in [0.5, 0.6) is 5.75 Å². The summed E-state index contributed by atoms with van der Waals surface area (Å²) in [4.78, 5) is 0. The number of halogens is 2. The Bertz CT molecular complexity index is 382. The highest BCUT2D eigenvalue weighted by atomic mass is 35.5. The first-order valence-electron chi connectivity index (χ1n) is 5.79. The second kappa shape index (κ2) is 6.48. The molecule has 0 aliphatic rings. The largest absolute Gasteiger partial charge is 0.495 e. The summed E-state index contributed by atoms with van der Waals surface area (Å²) in [5.41, 5.74) is 7.09. The van der Waals surface area contributed by atoms with Gasteiger partial charge in [0.2, 0.25) is 0 Å². The highest BCUT2D eigenvalue weighted by molar-refractivity contribution is 6.34. The van der Waals surface area contributed by atoms with E-state index in [0.29, 0.717) is 21.7 Å². The van der Waals surface area contributed by atoms with Gasteiger partial charge in [0, 0.05) is 17.1 Å². The predicted molar refractivity (Wildman–Crippen MR) is 74.0 cm³/mol. The van der Waals surface area contributed by atoms with E-state index in [1.807, 2.05) is 0 Å². The smallest absolute Gasteiger partial charge is 0.138 e. The minimum absolute atomic E-state index is 0.0918. The number of benzene rings is 1. The summed E-state index contributed by atoms with van der Waals surface area (Å²) in [6.07, 6.45) is 2.18. The summed E-state index contributed by atoms with van der Waals surface area (Å²) in [6.45, 7) is 4.27. The molecule has 1 aromatic carbocycles. The molecule has 0 aromatic heterocycles. The first-order valence-corrected chi connectivity index (χ1v) is 6.55. The number of ether oxygens (including phenoxy) is 1. The molecule has 0 bridgehead atoms. The number of rotatable bonds is 5. The van der Waals surface area contributed by atoms with Crippen molar-refractivity contribution in [1.29, 1.82) is 0 Å². The zero-order valence-corrected chi connectivity index (χ0v) is 12.0. The van der Waals surface area contributed by atoms with Crippen LogP contribution in [-0.2, 0) is 0 Å². The summed E-state index contributed by atoms with van der Waals surface area (Å²) >= 11 is 12.3. The number of hydrogen-bond donors (Lipinski definition) is 1. The number of hydrogen-bond acceptors (Lipinski definition) is 2. The standard InChI is InChI=1S/C13H19Cl2NO/c1-4-5-8(2)13(16)9-6-11(15)12(17-3)7-10(9)14/h6-8,13H,4-5,16H2,1-3H3. The first-order chi connectivity index (χ1) is 8.01. The molecular weight excluding hydrogens is 257 g/mol. The fraction of sp³-hybridized carbons (Fsp3) is 0.538. The Hall–Kier alpha value is -0.440. The molecule has 17 heavy (non-hydrogen) atoms. The van der Waals surface area contributed by atoms with Gasteiger partial charge in [0.25, 0.3) is 0 Å². The Morgan fingerprint density at radius 1 is 1.29 bits per heavy atom. The average Bonchev–Trinajstić information content (AvgIpc) is 2.31. The van der Waals surface area contributed by atoms with Gasteiger partial charge in [-0.2, -0.15) is 0 Å². The van der Waals surface area contributed by atoms with E-state index in [0.717, 1.165) is 18.4 Å². The van der Waals surface area contributed by atoms with Gasteiger partial charge in [0.15, 0.2) is 0 Å². The van der Waals surface area contributed by atoms with E-state index >= 15 is 0 Å². The zero-order valence-electron chi connectivity index (χ0n) is 10.5. The fourth-order valence-corrected chi connectivity index (χ4v) is 2.43. The van der Waals surface area contributed by atoms with Crippen molar-refractivity contribution in [2.45, 2.75) is 32.7 Å². The van der Waals surface area contributed by atoms with Gasteiger partial charge in [0.1, 0.15) is 5.75 Å². The van der Waals surface area contributed by atoms with Crippen molar-refractivity contribution < 1.29 is 4.74 Å². The molecule has 0 spiro atoms. The lowest BCUT2D eigenvalue weighted by molar-refractivity contribution is 0.412. The van der Waals surface area contributed by atoms with Crippen molar-refractivity contribution in [3.8, 4) is 5.75 Å². The molecular formula is C13H19Cl2NO. The third-order valence-corrected chi connectivity index (χ3v) is 3.61. The van der Waals surface area contributed by atoms with E-state index in [1.165, 1.54) is 0 Å². The van der Waals surface area contributed by atoms with Gasteiger partial charge in [-0.05, 0) is 24.0 Å². The summed E-state index contributed by atoms with van der Waals surface area (Å²) in [5, 5.41) is 1.16. The van der Waals surface area contributed by atoms with Crippen LogP contribution in [0.2, 0.25) is 10.0 Å². The fourth-order valence-electron chi connectivity index (χ4n) is 1.90. The molecule has 0 saturated heterocycles.